The molecule has 0 radical (unpaired) electrons. The third kappa shape index (κ3) is 4.44. The van der Waals surface area contributed by atoms with E-state index in [0.717, 1.165) is 37.6 Å². The smallest absolute Gasteiger partial charge is 0.338 e. The summed E-state index contributed by atoms with van der Waals surface area (Å²) < 4.78 is 18.4. The number of methoxy groups -OCH3 is 1. The van der Waals surface area contributed by atoms with Gasteiger partial charge in [0, 0.05) is 22.3 Å². The lowest BCUT2D eigenvalue weighted by molar-refractivity contribution is -0.387. The minimum atomic E-state index is -1.13. The molecule has 0 aliphatic rings. The van der Waals surface area contributed by atoms with Gasteiger partial charge in [0.2, 0.25) is 5.82 Å². The fourth-order valence-electron chi connectivity index (χ4n) is 2.10. The molecule has 2 aromatic rings. The SMILES string of the molecule is COC(=O)C(=Cc1cnc(Cl)cc1[N+](=O)[O-])c1cc([N+](=O)[O-])c(F)cc1Br. The zero-order valence-electron chi connectivity index (χ0n) is 13.3. The molecule has 0 aliphatic heterocycles. The standard InChI is InChI=1S/C15H8BrClFN3O6/c1-27-15(22)9(2-7-6-19-14(17)5-12(7)20(23)24)8-3-13(21(25)26)11(18)4-10(8)16/h2-6H,1H3. The van der Waals surface area contributed by atoms with Crippen LogP contribution in [-0.2, 0) is 9.53 Å². The van der Waals surface area contributed by atoms with Gasteiger partial charge in [-0.2, -0.15) is 4.39 Å². The molecule has 0 amide bonds. The molecule has 0 saturated heterocycles. The van der Waals surface area contributed by atoms with Crippen LogP contribution in [0.15, 0.2) is 28.9 Å². The van der Waals surface area contributed by atoms with E-state index in [2.05, 4.69) is 25.7 Å². The topological polar surface area (TPSA) is 125 Å². The van der Waals surface area contributed by atoms with Crippen molar-refractivity contribution in [2.45, 2.75) is 0 Å². The van der Waals surface area contributed by atoms with E-state index in [0.29, 0.717) is 0 Å². The van der Waals surface area contributed by atoms with Gasteiger partial charge in [0.25, 0.3) is 5.69 Å². The van der Waals surface area contributed by atoms with Crippen LogP contribution in [0.25, 0.3) is 11.6 Å². The Balaban J connectivity index is 2.78. The number of pyridine rings is 1. The van der Waals surface area contributed by atoms with Gasteiger partial charge in [-0.1, -0.05) is 27.5 Å². The Morgan fingerprint density at radius 1 is 1.26 bits per heavy atom. The summed E-state index contributed by atoms with van der Waals surface area (Å²) in [6, 6.07) is 2.60. The lowest BCUT2D eigenvalue weighted by Gasteiger charge is -2.09. The van der Waals surface area contributed by atoms with Crippen LogP contribution in [0.1, 0.15) is 11.1 Å². The number of benzene rings is 1. The van der Waals surface area contributed by atoms with Crippen molar-refractivity contribution in [2.24, 2.45) is 0 Å². The predicted molar refractivity (Wildman–Crippen MR) is 96.5 cm³/mol. The Morgan fingerprint density at radius 2 is 1.89 bits per heavy atom. The third-order valence-electron chi connectivity index (χ3n) is 3.30. The van der Waals surface area contributed by atoms with Crippen molar-refractivity contribution >= 4 is 56.5 Å². The second-order valence-corrected chi connectivity index (χ2v) is 6.15. The monoisotopic (exact) mass is 459 g/mol. The van der Waals surface area contributed by atoms with Gasteiger partial charge in [0.05, 0.1) is 34.2 Å². The van der Waals surface area contributed by atoms with E-state index < -0.39 is 33.0 Å². The molecule has 1 aromatic carbocycles. The van der Waals surface area contributed by atoms with Crippen LogP contribution in [-0.4, -0.2) is 27.9 Å². The van der Waals surface area contributed by atoms with Crippen molar-refractivity contribution in [3.8, 4) is 0 Å². The van der Waals surface area contributed by atoms with E-state index in [4.69, 9.17) is 11.6 Å². The normalized spacial score (nSPS) is 11.2. The first-order valence-corrected chi connectivity index (χ1v) is 8.06. The molecule has 0 fully saturated rings. The molecule has 0 spiro atoms. The molecular weight excluding hydrogens is 453 g/mol. The number of esters is 1. The van der Waals surface area contributed by atoms with Crippen LogP contribution in [0, 0.1) is 26.0 Å². The van der Waals surface area contributed by atoms with Crippen molar-refractivity contribution in [3.05, 3.63) is 71.2 Å². The molecule has 0 unspecified atom stereocenters. The molecule has 140 valence electrons. The van der Waals surface area contributed by atoms with Gasteiger partial charge in [0.1, 0.15) is 5.15 Å². The van der Waals surface area contributed by atoms with Gasteiger partial charge in [0.15, 0.2) is 0 Å². The number of hydrogen-bond acceptors (Lipinski definition) is 7. The van der Waals surface area contributed by atoms with E-state index >= 15 is 0 Å². The Morgan fingerprint density at radius 3 is 2.44 bits per heavy atom. The highest BCUT2D eigenvalue weighted by Crippen LogP contribution is 2.34. The Kier molecular flexibility index (Phi) is 6.18. The summed E-state index contributed by atoms with van der Waals surface area (Å²) in [7, 11) is 1.05. The Labute approximate surface area is 163 Å². The molecule has 0 N–H and O–H groups in total. The molecule has 0 saturated carbocycles. The van der Waals surface area contributed by atoms with E-state index in [1.54, 1.807) is 0 Å². The summed E-state index contributed by atoms with van der Waals surface area (Å²) in [4.78, 5) is 36.4. The first-order valence-electron chi connectivity index (χ1n) is 6.89. The van der Waals surface area contributed by atoms with Crippen molar-refractivity contribution < 1.29 is 23.8 Å². The number of carbonyl (C=O) groups is 1. The minimum absolute atomic E-state index is 0.00632. The Hall–Kier alpha value is -2.92. The fourth-order valence-corrected chi connectivity index (χ4v) is 2.78. The predicted octanol–water partition coefficient (Wildman–Crippen LogP) is 4.17. The summed E-state index contributed by atoms with van der Waals surface area (Å²) in [5.74, 6) is -2.08. The number of hydrogen-bond donors (Lipinski definition) is 0. The van der Waals surface area contributed by atoms with Gasteiger partial charge < -0.3 is 4.74 Å². The molecular formula is C15H8BrClFN3O6. The maximum absolute atomic E-state index is 13.7. The molecule has 1 heterocycles. The number of halogens is 3. The largest absolute Gasteiger partial charge is 0.465 e. The second kappa shape index (κ2) is 8.18. The van der Waals surface area contributed by atoms with E-state index in [1.807, 2.05) is 0 Å². The lowest BCUT2D eigenvalue weighted by Crippen LogP contribution is -2.06. The number of carbonyl (C=O) groups excluding carboxylic acids is 1. The molecule has 0 aliphatic carbocycles. The zero-order chi connectivity index (χ0) is 20.3. The van der Waals surface area contributed by atoms with Gasteiger partial charge in [-0.15, -0.1) is 0 Å². The highest BCUT2D eigenvalue weighted by Gasteiger charge is 2.24. The maximum Gasteiger partial charge on any atom is 0.338 e. The van der Waals surface area contributed by atoms with Gasteiger partial charge in [-0.25, -0.2) is 9.78 Å². The summed E-state index contributed by atoms with van der Waals surface area (Å²) in [5, 5.41) is 22.1. The average Bonchev–Trinajstić information content (AvgIpc) is 2.60. The number of nitro benzene ring substituents is 1. The molecule has 27 heavy (non-hydrogen) atoms. The Bertz CT molecular complexity index is 998. The summed E-state index contributed by atoms with van der Waals surface area (Å²) in [6.07, 6.45) is 2.10. The average molecular weight is 461 g/mol. The molecule has 12 heteroatoms. The maximum atomic E-state index is 13.7. The van der Waals surface area contributed by atoms with Crippen molar-refractivity contribution in [2.75, 3.05) is 7.11 Å². The van der Waals surface area contributed by atoms with E-state index in [-0.39, 0.29) is 26.3 Å². The summed E-state index contributed by atoms with van der Waals surface area (Å²) in [5.41, 5.74) is -1.83. The first-order chi connectivity index (χ1) is 12.6. The van der Waals surface area contributed by atoms with Crippen LogP contribution < -0.4 is 0 Å². The summed E-state index contributed by atoms with van der Waals surface area (Å²) in [6.45, 7) is 0. The lowest BCUT2D eigenvalue weighted by atomic mass is 10.0. The van der Waals surface area contributed by atoms with Gasteiger partial charge in [-0.05, 0) is 12.1 Å². The van der Waals surface area contributed by atoms with Crippen molar-refractivity contribution in [1.29, 1.82) is 0 Å². The van der Waals surface area contributed by atoms with Gasteiger partial charge in [-0.3, -0.25) is 20.2 Å². The van der Waals surface area contributed by atoms with Crippen molar-refractivity contribution in [1.82, 2.24) is 4.98 Å². The van der Waals surface area contributed by atoms with Crippen LogP contribution in [0.5, 0.6) is 0 Å². The third-order valence-corrected chi connectivity index (χ3v) is 4.17. The van der Waals surface area contributed by atoms with Crippen LogP contribution in [0.2, 0.25) is 5.15 Å². The van der Waals surface area contributed by atoms with Crippen LogP contribution >= 0.6 is 27.5 Å². The van der Waals surface area contributed by atoms with E-state index in [1.165, 1.54) is 0 Å². The highest BCUT2D eigenvalue weighted by molar-refractivity contribution is 9.10. The number of aromatic nitrogens is 1. The number of ether oxygens (including phenoxy) is 1. The summed E-state index contributed by atoms with van der Waals surface area (Å²) >= 11 is 8.67. The van der Waals surface area contributed by atoms with Crippen molar-refractivity contribution in [3.63, 3.8) is 0 Å². The molecule has 1 aromatic heterocycles. The van der Waals surface area contributed by atoms with Crippen LogP contribution in [0.3, 0.4) is 0 Å². The fraction of sp³-hybridized carbons (Fsp3) is 0.0667. The number of nitro groups is 2. The minimum Gasteiger partial charge on any atom is -0.465 e. The molecule has 2 rings (SSSR count). The second-order valence-electron chi connectivity index (χ2n) is 4.91. The number of rotatable bonds is 5. The molecule has 0 atom stereocenters. The van der Waals surface area contributed by atoms with E-state index in [9.17, 15) is 29.4 Å². The number of nitrogens with zero attached hydrogens (tertiary/aromatic N) is 3. The highest BCUT2D eigenvalue weighted by atomic mass is 79.9. The zero-order valence-corrected chi connectivity index (χ0v) is 15.7. The quantitative estimate of drug-likeness (QED) is 0.215. The molecule has 9 nitrogen and oxygen atoms in total. The van der Waals surface area contributed by atoms with Gasteiger partial charge >= 0.3 is 11.7 Å². The molecule has 0 bridgehead atoms. The first kappa shape index (κ1) is 20.4. The van der Waals surface area contributed by atoms with Crippen LogP contribution in [0.4, 0.5) is 15.8 Å².